The first kappa shape index (κ1) is 10.9. The first-order chi connectivity index (χ1) is 7.26. The van der Waals surface area contributed by atoms with Crippen molar-refractivity contribution in [3.8, 4) is 12.1 Å². The topological polar surface area (TPSA) is 72.3 Å². The van der Waals surface area contributed by atoms with Gasteiger partial charge in [0, 0.05) is 0 Å². The number of hydrogen-bond acceptors (Lipinski definition) is 4. The van der Waals surface area contributed by atoms with Crippen LogP contribution >= 0.6 is 0 Å². The highest BCUT2D eigenvalue weighted by Gasteiger charge is 2.02. The summed E-state index contributed by atoms with van der Waals surface area (Å²) in [5.74, 6) is -0.710. The van der Waals surface area contributed by atoms with Gasteiger partial charge in [-0.05, 0) is 24.6 Å². The highest BCUT2D eigenvalue weighted by atomic mass is 15.1. The van der Waals surface area contributed by atoms with Crippen LogP contribution in [0.25, 0.3) is 0 Å². The molecule has 0 aliphatic heterocycles. The molecule has 0 spiro atoms. The van der Waals surface area contributed by atoms with Gasteiger partial charge in [-0.2, -0.15) is 20.8 Å². The van der Waals surface area contributed by atoms with E-state index in [1.54, 1.807) is 0 Å². The highest BCUT2D eigenvalue weighted by Crippen LogP contribution is 2.13. The lowest BCUT2D eigenvalue weighted by Crippen LogP contribution is -1.95. The Morgan fingerprint density at radius 2 is 2.07 bits per heavy atom. The molecule has 4 nitrogen and oxygen atoms in total. The van der Waals surface area contributed by atoms with Gasteiger partial charge in [0.15, 0.2) is 5.92 Å². The maximum Gasteiger partial charge on any atom is 0.154 e. The summed E-state index contributed by atoms with van der Waals surface area (Å²) in [6.45, 7) is 2.09. The molecule has 0 atom stereocenters. The zero-order chi connectivity index (χ0) is 11.1. The monoisotopic (exact) mass is 198 g/mol. The van der Waals surface area contributed by atoms with Crippen LogP contribution in [0.3, 0.4) is 0 Å². The minimum Gasteiger partial charge on any atom is -0.197 e. The summed E-state index contributed by atoms with van der Waals surface area (Å²) in [5.41, 5.74) is 1.84. The van der Waals surface area contributed by atoms with E-state index in [1.165, 1.54) is 0 Å². The molecule has 0 bridgehead atoms. The van der Waals surface area contributed by atoms with Crippen molar-refractivity contribution in [2.75, 3.05) is 6.54 Å². The van der Waals surface area contributed by atoms with Crippen LogP contribution in [0.1, 0.15) is 5.56 Å². The van der Waals surface area contributed by atoms with Crippen LogP contribution in [0.15, 0.2) is 34.5 Å². The first-order valence-electron chi connectivity index (χ1n) is 4.49. The van der Waals surface area contributed by atoms with Crippen molar-refractivity contribution in [1.29, 1.82) is 10.5 Å². The molecule has 0 aromatic heterocycles. The van der Waals surface area contributed by atoms with E-state index in [4.69, 9.17) is 10.5 Å². The van der Waals surface area contributed by atoms with Crippen molar-refractivity contribution in [2.45, 2.75) is 6.92 Å². The molecule has 0 amide bonds. The van der Waals surface area contributed by atoms with Gasteiger partial charge in [0.25, 0.3) is 0 Å². The lowest BCUT2D eigenvalue weighted by molar-refractivity contribution is 0.809. The fourth-order valence-electron chi connectivity index (χ4n) is 1.00. The Hall–Kier alpha value is -2.20. The maximum atomic E-state index is 8.49. The third kappa shape index (κ3) is 3.58. The third-order valence-electron chi connectivity index (χ3n) is 1.76. The second-order valence-corrected chi connectivity index (χ2v) is 3.07. The van der Waals surface area contributed by atoms with Gasteiger partial charge in [-0.15, -0.1) is 0 Å². The fraction of sp³-hybridized carbons (Fsp3) is 0.273. The largest absolute Gasteiger partial charge is 0.197 e. The molecule has 0 aliphatic carbocycles. The predicted molar refractivity (Wildman–Crippen MR) is 55.3 cm³/mol. The SMILES string of the molecule is Cc1cccc(N=NCC(C#N)C#N)c1. The van der Waals surface area contributed by atoms with Gasteiger partial charge in [-0.3, -0.25) is 0 Å². The molecule has 15 heavy (non-hydrogen) atoms. The molecule has 1 aromatic carbocycles. The number of hydrogen-bond donors (Lipinski definition) is 0. The van der Waals surface area contributed by atoms with Crippen LogP contribution in [-0.2, 0) is 0 Å². The fourth-order valence-corrected chi connectivity index (χ4v) is 1.00. The first-order valence-corrected chi connectivity index (χ1v) is 4.49. The van der Waals surface area contributed by atoms with Crippen molar-refractivity contribution >= 4 is 5.69 Å². The Kier molecular flexibility index (Phi) is 4.00. The van der Waals surface area contributed by atoms with E-state index in [9.17, 15) is 0 Å². The van der Waals surface area contributed by atoms with Crippen molar-refractivity contribution in [2.24, 2.45) is 16.1 Å². The normalized spacial score (nSPS) is 10.1. The minimum absolute atomic E-state index is 0.126. The summed E-state index contributed by atoms with van der Waals surface area (Å²) in [6.07, 6.45) is 0. The molecular weight excluding hydrogens is 188 g/mol. The summed E-state index contributed by atoms with van der Waals surface area (Å²) in [7, 11) is 0. The second-order valence-electron chi connectivity index (χ2n) is 3.07. The molecule has 0 saturated carbocycles. The lowest BCUT2D eigenvalue weighted by atomic mass is 10.2. The Bertz CT molecular complexity index is 423. The predicted octanol–water partition coefficient (Wildman–Crippen LogP) is 2.74. The third-order valence-corrected chi connectivity index (χ3v) is 1.76. The molecule has 74 valence electrons. The van der Waals surface area contributed by atoms with E-state index in [0.717, 1.165) is 11.3 Å². The molecule has 0 aliphatic rings. The number of azo groups is 1. The number of nitrogens with zero attached hydrogens (tertiary/aromatic N) is 4. The molecule has 0 fully saturated rings. The van der Waals surface area contributed by atoms with Gasteiger partial charge >= 0.3 is 0 Å². The standard InChI is InChI=1S/C11H10N4/c1-9-3-2-4-11(5-9)15-14-8-10(6-12)7-13/h2-5,10H,8H2,1H3. The van der Waals surface area contributed by atoms with Crippen molar-refractivity contribution in [3.63, 3.8) is 0 Å². The maximum absolute atomic E-state index is 8.49. The van der Waals surface area contributed by atoms with E-state index in [0.29, 0.717) is 0 Å². The number of rotatable bonds is 3. The number of aryl methyl sites for hydroxylation is 1. The average molecular weight is 198 g/mol. The zero-order valence-corrected chi connectivity index (χ0v) is 8.38. The van der Waals surface area contributed by atoms with Crippen molar-refractivity contribution in [3.05, 3.63) is 29.8 Å². The van der Waals surface area contributed by atoms with Crippen LogP contribution in [0.4, 0.5) is 5.69 Å². The second kappa shape index (κ2) is 5.51. The molecule has 0 heterocycles. The Morgan fingerprint density at radius 1 is 1.33 bits per heavy atom. The highest BCUT2D eigenvalue weighted by molar-refractivity contribution is 5.38. The molecule has 0 saturated heterocycles. The van der Waals surface area contributed by atoms with Crippen LogP contribution < -0.4 is 0 Å². The quantitative estimate of drug-likeness (QED) is 0.700. The van der Waals surface area contributed by atoms with E-state index in [2.05, 4.69) is 10.2 Å². The Balaban J connectivity index is 2.60. The summed E-state index contributed by atoms with van der Waals surface area (Å²) >= 11 is 0. The smallest absolute Gasteiger partial charge is 0.154 e. The molecule has 4 heteroatoms. The zero-order valence-electron chi connectivity index (χ0n) is 8.38. The van der Waals surface area contributed by atoms with Gasteiger partial charge < -0.3 is 0 Å². The van der Waals surface area contributed by atoms with Gasteiger partial charge in [-0.25, -0.2) is 0 Å². The van der Waals surface area contributed by atoms with E-state index < -0.39 is 5.92 Å². The molecule has 0 unspecified atom stereocenters. The van der Waals surface area contributed by atoms with E-state index in [1.807, 2.05) is 43.3 Å². The van der Waals surface area contributed by atoms with Crippen molar-refractivity contribution in [1.82, 2.24) is 0 Å². The average Bonchev–Trinajstić information content (AvgIpc) is 2.25. The minimum atomic E-state index is -0.710. The Morgan fingerprint density at radius 3 is 2.67 bits per heavy atom. The summed E-state index contributed by atoms with van der Waals surface area (Å²) in [6, 6.07) is 11.2. The van der Waals surface area contributed by atoms with Crippen LogP contribution in [0, 0.1) is 35.5 Å². The summed E-state index contributed by atoms with van der Waals surface area (Å²) in [5, 5.41) is 24.7. The van der Waals surface area contributed by atoms with Gasteiger partial charge in [0.1, 0.15) is 0 Å². The molecule has 0 N–H and O–H groups in total. The van der Waals surface area contributed by atoms with Crippen LogP contribution in [0.2, 0.25) is 0 Å². The van der Waals surface area contributed by atoms with Gasteiger partial charge in [0.05, 0.1) is 24.4 Å². The van der Waals surface area contributed by atoms with E-state index >= 15 is 0 Å². The molecule has 1 aromatic rings. The summed E-state index contributed by atoms with van der Waals surface area (Å²) in [4.78, 5) is 0. The molecule has 0 radical (unpaired) electrons. The van der Waals surface area contributed by atoms with E-state index in [-0.39, 0.29) is 6.54 Å². The Labute approximate surface area is 88.5 Å². The molecular formula is C11H10N4. The van der Waals surface area contributed by atoms with Crippen LogP contribution in [0.5, 0.6) is 0 Å². The van der Waals surface area contributed by atoms with Crippen LogP contribution in [-0.4, -0.2) is 6.54 Å². The number of benzene rings is 1. The van der Waals surface area contributed by atoms with Crippen molar-refractivity contribution < 1.29 is 0 Å². The summed E-state index contributed by atoms with van der Waals surface area (Å²) < 4.78 is 0. The van der Waals surface area contributed by atoms with Gasteiger partial charge in [-0.1, -0.05) is 12.1 Å². The van der Waals surface area contributed by atoms with Gasteiger partial charge in [0.2, 0.25) is 0 Å². The number of nitriles is 2. The molecule has 1 rings (SSSR count). The lowest BCUT2D eigenvalue weighted by Gasteiger charge is -1.94.